The van der Waals surface area contributed by atoms with E-state index in [1.54, 1.807) is 6.07 Å². The van der Waals surface area contributed by atoms with Gasteiger partial charge in [0.2, 0.25) is 0 Å². The lowest BCUT2D eigenvalue weighted by Crippen LogP contribution is -2.44. The largest absolute Gasteiger partial charge is 0.497 e. The molecule has 0 spiro atoms. The molecule has 4 rings (SSSR count). The van der Waals surface area contributed by atoms with Crippen molar-refractivity contribution in [3.63, 3.8) is 0 Å². The van der Waals surface area contributed by atoms with Crippen molar-refractivity contribution in [3.05, 3.63) is 65.2 Å². The summed E-state index contributed by atoms with van der Waals surface area (Å²) in [4.78, 5) is 11.8. The standard InChI is InChI=1S/C22H22F3NO2/c1-28-15-10-11-17-16(13-15)19(26-20(27)22(23,24)25)18-9-5-6-12-21(17,18)14-7-3-2-4-8-14/h2-4,7-8,10-11,13,18-19H,5-6,9,12H2,1H3,(H,26,27). The second-order valence-electron chi connectivity index (χ2n) is 7.59. The van der Waals surface area contributed by atoms with Crippen molar-refractivity contribution in [1.29, 1.82) is 0 Å². The Labute approximate surface area is 161 Å². The molecule has 0 saturated heterocycles. The lowest BCUT2D eigenvalue weighted by molar-refractivity contribution is -0.175. The number of benzene rings is 2. The van der Waals surface area contributed by atoms with Gasteiger partial charge in [-0.25, -0.2) is 0 Å². The van der Waals surface area contributed by atoms with Crippen LogP contribution in [0.15, 0.2) is 48.5 Å². The zero-order valence-electron chi connectivity index (χ0n) is 15.6. The van der Waals surface area contributed by atoms with Crippen LogP contribution in [0.3, 0.4) is 0 Å². The van der Waals surface area contributed by atoms with Crippen molar-refractivity contribution in [2.75, 3.05) is 7.11 Å². The first-order chi connectivity index (χ1) is 13.4. The second kappa shape index (κ2) is 6.83. The molecule has 1 N–H and O–H groups in total. The normalized spacial score (nSPS) is 26.3. The molecule has 2 aliphatic rings. The Morgan fingerprint density at radius 3 is 2.57 bits per heavy atom. The average Bonchev–Trinajstić information content (AvgIpc) is 2.98. The summed E-state index contributed by atoms with van der Waals surface area (Å²) in [5.41, 5.74) is 2.42. The van der Waals surface area contributed by atoms with Crippen molar-refractivity contribution in [1.82, 2.24) is 5.32 Å². The van der Waals surface area contributed by atoms with Crippen molar-refractivity contribution in [2.24, 2.45) is 5.92 Å². The summed E-state index contributed by atoms with van der Waals surface area (Å²) < 4.78 is 44.4. The van der Waals surface area contributed by atoms with Crippen molar-refractivity contribution in [3.8, 4) is 5.75 Å². The van der Waals surface area contributed by atoms with Gasteiger partial charge in [0.1, 0.15) is 5.75 Å². The number of halogens is 3. The van der Waals surface area contributed by atoms with E-state index in [1.165, 1.54) is 7.11 Å². The first kappa shape index (κ1) is 18.8. The fourth-order valence-electron chi connectivity index (χ4n) is 5.18. The van der Waals surface area contributed by atoms with E-state index in [9.17, 15) is 18.0 Å². The van der Waals surface area contributed by atoms with Crippen LogP contribution in [0.1, 0.15) is 48.4 Å². The van der Waals surface area contributed by atoms with Crippen molar-refractivity contribution in [2.45, 2.75) is 43.3 Å². The van der Waals surface area contributed by atoms with Gasteiger partial charge >= 0.3 is 12.1 Å². The summed E-state index contributed by atoms with van der Waals surface area (Å²) in [5, 5.41) is 2.30. The second-order valence-corrected chi connectivity index (χ2v) is 7.59. The number of nitrogens with one attached hydrogen (secondary N) is 1. The number of amides is 1. The number of methoxy groups -OCH3 is 1. The Hall–Kier alpha value is -2.50. The smallest absolute Gasteiger partial charge is 0.471 e. The molecule has 2 aliphatic carbocycles. The topological polar surface area (TPSA) is 38.3 Å². The first-order valence-corrected chi connectivity index (χ1v) is 9.49. The fraction of sp³-hybridized carbons (Fsp3) is 0.409. The third kappa shape index (κ3) is 2.86. The highest BCUT2D eigenvalue weighted by atomic mass is 19.4. The van der Waals surface area contributed by atoms with Crippen LogP contribution in [-0.4, -0.2) is 19.2 Å². The van der Waals surface area contributed by atoms with Gasteiger partial charge in [-0.1, -0.05) is 49.2 Å². The number of ether oxygens (including phenoxy) is 1. The number of fused-ring (bicyclic) bond motifs is 3. The molecule has 1 saturated carbocycles. The van der Waals surface area contributed by atoms with Gasteiger partial charge in [-0.3, -0.25) is 4.79 Å². The summed E-state index contributed by atoms with van der Waals surface area (Å²) >= 11 is 0. The van der Waals surface area contributed by atoms with E-state index in [0.29, 0.717) is 5.75 Å². The van der Waals surface area contributed by atoms with E-state index in [4.69, 9.17) is 4.74 Å². The molecule has 1 fully saturated rings. The Kier molecular flexibility index (Phi) is 4.60. The Morgan fingerprint density at radius 2 is 1.89 bits per heavy atom. The number of rotatable bonds is 3. The van der Waals surface area contributed by atoms with Crippen LogP contribution in [0.2, 0.25) is 0 Å². The van der Waals surface area contributed by atoms with E-state index in [0.717, 1.165) is 42.4 Å². The SMILES string of the molecule is COc1ccc2c(c1)C(NC(=O)C(F)(F)F)C1CCCCC21c1ccccc1. The van der Waals surface area contributed by atoms with Crippen molar-refractivity contribution >= 4 is 5.91 Å². The summed E-state index contributed by atoms with van der Waals surface area (Å²) in [7, 11) is 1.53. The number of hydrogen-bond acceptors (Lipinski definition) is 2. The molecule has 148 valence electrons. The van der Waals surface area contributed by atoms with Crippen molar-refractivity contribution < 1.29 is 22.7 Å². The monoisotopic (exact) mass is 389 g/mol. The fourth-order valence-corrected chi connectivity index (χ4v) is 5.18. The van der Waals surface area contributed by atoms with Gasteiger partial charge in [0.25, 0.3) is 0 Å². The highest BCUT2D eigenvalue weighted by molar-refractivity contribution is 5.82. The molecule has 2 aromatic carbocycles. The zero-order valence-corrected chi connectivity index (χ0v) is 15.6. The van der Waals surface area contributed by atoms with Crippen LogP contribution >= 0.6 is 0 Å². The molecule has 3 atom stereocenters. The molecule has 6 heteroatoms. The highest BCUT2D eigenvalue weighted by Crippen LogP contribution is 2.60. The van der Waals surface area contributed by atoms with E-state index in [1.807, 2.05) is 42.5 Å². The number of carbonyl (C=O) groups is 1. The van der Waals surface area contributed by atoms with Gasteiger partial charge in [-0.05, 0) is 47.6 Å². The van der Waals surface area contributed by atoms with Gasteiger partial charge < -0.3 is 10.1 Å². The molecule has 0 bridgehead atoms. The average molecular weight is 389 g/mol. The predicted molar refractivity (Wildman–Crippen MR) is 99.1 cm³/mol. The molecule has 3 nitrogen and oxygen atoms in total. The molecule has 2 aromatic rings. The minimum Gasteiger partial charge on any atom is -0.497 e. The third-order valence-electron chi connectivity index (χ3n) is 6.28. The molecule has 0 heterocycles. The predicted octanol–water partition coefficient (Wildman–Crippen LogP) is 4.90. The third-order valence-corrected chi connectivity index (χ3v) is 6.28. The van der Waals surface area contributed by atoms with Crippen LogP contribution in [0, 0.1) is 5.92 Å². The van der Waals surface area contributed by atoms with Crippen LogP contribution in [0.5, 0.6) is 5.75 Å². The quantitative estimate of drug-likeness (QED) is 0.811. The maximum atomic E-state index is 13.0. The van der Waals surface area contributed by atoms with E-state index < -0.39 is 23.5 Å². The maximum Gasteiger partial charge on any atom is 0.471 e. The molecule has 0 aliphatic heterocycles. The van der Waals surface area contributed by atoms with Gasteiger partial charge in [0.05, 0.1) is 13.2 Å². The lowest BCUT2D eigenvalue weighted by atomic mass is 9.61. The molecular weight excluding hydrogens is 367 g/mol. The van der Waals surface area contributed by atoms with E-state index in [2.05, 4.69) is 5.32 Å². The zero-order chi connectivity index (χ0) is 19.9. The van der Waals surface area contributed by atoms with Crippen LogP contribution in [0.25, 0.3) is 0 Å². The number of alkyl halides is 3. The Balaban J connectivity index is 1.89. The Bertz CT molecular complexity index is 881. The van der Waals surface area contributed by atoms with Gasteiger partial charge in [-0.15, -0.1) is 0 Å². The first-order valence-electron chi connectivity index (χ1n) is 9.49. The summed E-state index contributed by atoms with van der Waals surface area (Å²) in [6, 6.07) is 14.8. The molecule has 28 heavy (non-hydrogen) atoms. The number of carbonyl (C=O) groups excluding carboxylic acids is 1. The maximum absolute atomic E-state index is 13.0. The highest BCUT2D eigenvalue weighted by Gasteiger charge is 2.55. The Morgan fingerprint density at radius 1 is 1.14 bits per heavy atom. The van der Waals surface area contributed by atoms with Crippen LogP contribution in [-0.2, 0) is 10.2 Å². The summed E-state index contributed by atoms with van der Waals surface area (Å²) in [6.07, 6.45) is -1.38. The van der Waals surface area contributed by atoms with E-state index in [-0.39, 0.29) is 5.92 Å². The van der Waals surface area contributed by atoms with Crippen LogP contribution < -0.4 is 10.1 Å². The van der Waals surface area contributed by atoms with Crippen LogP contribution in [0.4, 0.5) is 13.2 Å². The molecule has 0 radical (unpaired) electrons. The molecular formula is C22H22F3NO2. The number of hydrogen-bond donors (Lipinski definition) is 1. The molecule has 0 aromatic heterocycles. The molecule has 1 amide bonds. The minimum atomic E-state index is -4.91. The van der Waals surface area contributed by atoms with Gasteiger partial charge in [0.15, 0.2) is 0 Å². The minimum absolute atomic E-state index is 0.128. The summed E-state index contributed by atoms with van der Waals surface area (Å²) in [5.74, 6) is -1.44. The van der Waals surface area contributed by atoms with E-state index >= 15 is 0 Å². The van der Waals surface area contributed by atoms with Gasteiger partial charge in [-0.2, -0.15) is 13.2 Å². The van der Waals surface area contributed by atoms with Gasteiger partial charge in [0, 0.05) is 5.41 Å². The molecule has 3 unspecified atom stereocenters. The lowest BCUT2D eigenvalue weighted by Gasteiger charge is -2.42. The summed E-state index contributed by atoms with van der Waals surface area (Å²) in [6.45, 7) is 0.